The molecule has 1 amide bonds. The summed E-state index contributed by atoms with van der Waals surface area (Å²) in [4.78, 5) is 22.4. The van der Waals surface area contributed by atoms with Crippen molar-refractivity contribution in [2.75, 3.05) is 18.5 Å². The number of hydrogen-bond acceptors (Lipinski definition) is 3. The van der Waals surface area contributed by atoms with Crippen LogP contribution in [0, 0.1) is 0 Å². The number of carbonyl (C=O) groups is 2. The lowest BCUT2D eigenvalue weighted by atomic mass is 10.2. The highest BCUT2D eigenvalue weighted by Crippen LogP contribution is 2.32. The zero-order valence-electron chi connectivity index (χ0n) is 10.2. The van der Waals surface area contributed by atoms with Gasteiger partial charge in [0.05, 0.1) is 34.3 Å². The van der Waals surface area contributed by atoms with E-state index in [0.717, 1.165) is 0 Å². The van der Waals surface area contributed by atoms with Crippen molar-refractivity contribution in [2.24, 2.45) is 0 Å². The Labute approximate surface area is 120 Å². The maximum atomic E-state index is 11.6. The second kappa shape index (κ2) is 7.33. The van der Waals surface area contributed by atoms with Gasteiger partial charge in [-0.25, -0.2) is 4.79 Å². The van der Waals surface area contributed by atoms with Crippen LogP contribution in [0.3, 0.4) is 0 Å². The van der Waals surface area contributed by atoms with Crippen molar-refractivity contribution in [1.82, 2.24) is 0 Å². The number of rotatable bonds is 6. The number of halogens is 2. The third kappa shape index (κ3) is 4.70. The van der Waals surface area contributed by atoms with Crippen molar-refractivity contribution in [3.8, 4) is 0 Å². The monoisotopic (exact) mass is 305 g/mol. The molecule has 7 heteroatoms. The Morgan fingerprint density at radius 1 is 1.32 bits per heavy atom. The molecule has 5 nitrogen and oxygen atoms in total. The van der Waals surface area contributed by atoms with Crippen LogP contribution in [0.4, 0.5) is 5.69 Å². The lowest BCUT2D eigenvalue weighted by Gasteiger charge is -2.10. The highest BCUT2D eigenvalue weighted by atomic mass is 35.5. The molecule has 0 fully saturated rings. The van der Waals surface area contributed by atoms with Crippen LogP contribution in [0.15, 0.2) is 12.1 Å². The molecule has 0 unspecified atom stereocenters. The third-order valence-electron chi connectivity index (χ3n) is 2.23. The van der Waals surface area contributed by atoms with E-state index in [0.29, 0.717) is 13.2 Å². The lowest BCUT2D eigenvalue weighted by Crippen LogP contribution is -2.15. The van der Waals surface area contributed by atoms with E-state index in [4.69, 9.17) is 33.0 Å². The van der Waals surface area contributed by atoms with Gasteiger partial charge in [-0.05, 0) is 19.1 Å². The van der Waals surface area contributed by atoms with Gasteiger partial charge in [0.25, 0.3) is 0 Å². The van der Waals surface area contributed by atoms with Crippen LogP contribution >= 0.6 is 23.2 Å². The number of carboxylic acids is 1. The van der Waals surface area contributed by atoms with Crippen LogP contribution < -0.4 is 5.32 Å². The summed E-state index contributed by atoms with van der Waals surface area (Å²) in [6.45, 7) is 2.66. The number of ether oxygens (including phenoxy) is 1. The van der Waals surface area contributed by atoms with Crippen LogP contribution in [0.25, 0.3) is 0 Å². The molecule has 1 rings (SSSR count). The highest BCUT2D eigenvalue weighted by Gasteiger charge is 2.14. The van der Waals surface area contributed by atoms with Gasteiger partial charge in [-0.3, -0.25) is 4.79 Å². The summed E-state index contributed by atoms with van der Waals surface area (Å²) in [6, 6.07) is 2.46. The summed E-state index contributed by atoms with van der Waals surface area (Å²) in [6.07, 6.45) is 0.168. The van der Waals surface area contributed by atoms with Gasteiger partial charge in [0.15, 0.2) is 0 Å². The number of nitrogens with one attached hydrogen (secondary N) is 1. The van der Waals surface area contributed by atoms with E-state index < -0.39 is 5.97 Å². The molecule has 0 heterocycles. The van der Waals surface area contributed by atoms with Gasteiger partial charge >= 0.3 is 5.97 Å². The molecule has 1 aromatic rings. The van der Waals surface area contributed by atoms with E-state index in [-0.39, 0.29) is 33.6 Å². The number of amides is 1. The molecule has 0 bridgehead atoms. The maximum absolute atomic E-state index is 11.6. The van der Waals surface area contributed by atoms with E-state index >= 15 is 0 Å². The summed E-state index contributed by atoms with van der Waals surface area (Å²) in [5.41, 5.74) is 0.164. The first-order valence-electron chi connectivity index (χ1n) is 5.55. The van der Waals surface area contributed by atoms with Crippen LogP contribution in [0.2, 0.25) is 10.0 Å². The van der Waals surface area contributed by atoms with Crippen molar-refractivity contribution >= 4 is 40.8 Å². The van der Waals surface area contributed by atoms with Gasteiger partial charge in [-0.15, -0.1) is 0 Å². The largest absolute Gasteiger partial charge is 0.478 e. The SMILES string of the molecule is CCOCCC(=O)Nc1c(Cl)cc(C(=O)O)cc1Cl. The quantitative estimate of drug-likeness (QED) is 0.792. The topological polar surface area (TPSA) is 75.6 Å². The van der Waals surface area contributed by atoms with E-state index in [1.807, 2.05) is 6.92 Å². The van der Waals surface area contributed by atoms with Crippen LogP contribution in [0.1, 0.15) is 23.7 Å². The predicted molar refractivity (Wildman–Crippen MR) is 73.2 cm³/mol. The first-order valence-corrected chi connectivity index (χ1v) is 6.31. The Morgan fingerprint density at radius 2 is 1.89 bits per heavy atom. The van der Waals surface area contributed by atoms with Gasteiger partial charge in [-0.2, -0.15) is 0 Å². The number of anilines is 1. The second-order valence-electron chi connectivity index (χ2n) is 3.62. The Bertz CT molecular complexity index is 468. The van der Waals surface area contributed by atoms with Gasteiger partial charge in [0.1, 0.15) is 0 Å². The first-order chi connectivity index (χ1) is 8.95. The molecule has 104 valence electrons. The summed E-state index contributed by atoms with van der Waals surface area (Å²) in [7, 11) is 0. The molecular formula is C12H13Cl2NO4. The molecule has 1 aromatic carbocycles. The standard InChI is InChI=1S/C12H13Cl2NO4/c1-2-19-4-3-10(16)15-11-8(13)5-7(12(17)18)6-9(11)14/h5-6H,2-4H2,1H3,(H,15,16)(H,17,18). The molecule has 0 aliphatic rings. The maximum Gasteiger partial charge on any atom is 0.335 e. The van der Waals surface area contributed by atoms with E-state index in [2.05, 4.69) is 5.32 Å². The molecule has 0 saturated heterocycles. The molecular weight excluding hydrogens is 293 g/mol. The smallest absolute Gasteiger partial charge is 0.335 e. The second-order valence-corrected chi connectivity index (χ2v) is 4.43. The molecule has 0 aliphatic heterocycles. The number of hydrogen-bond donors (Lipinski definition) is 2. The minimum absolute atomic E-state index is 0.0395. The molecule has 0 spiro atoms. The van der Waals surface area contributed by atoms with Gasteiger partial charge in [-0.1, -0.05) is 23.2 Å². The average Bonchev–Trinajstić information content (AvgIpc) is 2.33. The minimum atomic E-state index is -1.14. The van der Waals surface area contributed by atoms with Crippen molar-refractivity contribution in [3.63, 3.8) is 0 Å². The summed E-state index contributed by atoms with van der Waals surface area (Å²) in [5.74, 6) is -1.45. The van der Waals surface area contributed by atoms with Gasteiger partial charge in [0.2, 0.25) is 5.91 Å². The number of aromatic carboxylic acids is 1. The number of carbonyl (C=O) groups excluding carboxylic acids is 1. The summed E-state index contributed by atoms with van der Waals surface area (Å²) in [5, 5.41) is 11.5. The van der Waals surface area contributed by atoms with E-state index in [1.165, 1.54) is 12.1 Å². The third-order valence-corrected chi connectivity index (χ3v) is 2.83. The lowest BCUT2D eigenvalue weighted by molar-refractivity contribution is -0.117. The minimum Gasteiger partial charge on any atom is -0.478 e. The van der Waals surface area contributed by atoms with Crippen molar-refractivity contribution < 1.29 is 19.4 Å². The van der Waals surface area contributed by atoms with Gasteiger partial charge < -0.3 is 15.2 Å². The van der Waals surface area contributed by atoms with Crippen molar-refractivity contribution in [1.29, 1.82) is 0 Å². The summed E-state index contributed by atoms with van der Waals surface area (Å²) < 4.78 is 5.05. The Balaban J connectivity index is 2.79. The molecule has 0 aliphatic carbocycles. The van der Waals surface area contributed by atoms with Crippen molar-refractivity contribution in [2.45, 2.75) is 13.3 Å². The summed E-state index contributed by atoms with van der Waals surface area (Å²) >= 11 is 11.8. The Hall–Kier alpha value is -1.30. The predicted octanol–water partition coefficient (Wildman–Crippen LogP) is 3.06. The Morgan fingerprint density at radius 3 is 2.37 bits per heavy atom. The number of benzene rings is 1. The number of carboxylic acid groups (broad SMARTS) is 1. The van der Waals surface area contributed by atoms with Gasteiger partial charge in [0, 0.05) is 6.61 Å². The molecule has 0 radical (unpaired) electrons. The van der Waals surface area contributed by atoms with E-state index in [9.17, 15) is 9.59 Å². The van der Waals surface area contributed by atoms with Crippen molar-refractivity contribution in [3.05, 3.63) is 27.7 Å². The molecule has 2 N–H and O–H groups in total. The van der Waals surface area contributed by atoms with Crippen LogP contribution in [0.5, 0.6) is 0 Å². The molecule has 0 atom stereocenters. The highest BCUT2D eigenvalue weighted by molar-refractivity contribution is 6.40. The molecule has 0 saturated carbocycles. The van der Waals surface area contributed by atoms with E-state index in [1.54, 1.807) is 0 Å². The fourth-order valence-corrected chi connectivity index (χ4v) is 1.91. The fourth-order valence-electron chi connectivity index (χ4n) is 1.33. The molecule has 0 aromatic heterocycles. The zero-order chi connectivity index (χ0) is 14.4. The van der Waals surface area contributed by atoms with Crippen LogP contribution in [-0.2, 0) is 9.53 Å². The zero-order valence-corrected chi connectivity index (χ0v) is 11.7. The average molecular weight is 306 g/mol. The normalized spacial score (nSPS) is 10.3. The van der Waals surface area contributed by atoms with Crippen LogP contribution in [-0.4, -0.2) is 30.2 Å². The fraction of sp³-hybridized carbons (Fsp3) is 0.333. The Kier molecular flexibility index (Phi) is 6.08. The first kappa shape index (κ1) is 15.8. The molecule has 19 heavy (non-hydrogen) atoms.